The van der Waals surface area contributed by atoms with Crippen molar-refractivity contribution in [3.8, 4) is 0 Å². The van der Waals surface area contributed by atoms with Crippen LogP contribution in [0.1, 0.15) is 48.3 Å². The number of carbonyl (C=O) groups excluding carboxylic acids is 3. The van der Waals surface area contributed by atoms with Crippen molar-refractivity contribution in [1.29, 1.82) is 0 Å². The highest BCUT2D eigenvalue weighted by atomic mass is 35.5. The van der Waals surface area contributed by atoms with Crippen LogP contribution in [0, 0.1) is 20.8 Å². The maximum atomic E-state index is 12.6. The molecule has 134 valence electrons. The van der Waals surface area contributed by atoms with Crippen LogP contribution in [0.15, 0.2) is 0 Å². The SMILES string of the molecule is COC(=O)c1nn(CC(=O)c2[nH]c(C)c(C(=O)OC)c2C)c(C)c1Cl. The maximum Gasteiger partial charge on any atom is 0.360 e. The Labute approximate surface area is 149 Å². The second kappa shape index (κ2) is 7.10. The molecule has 25 heavy (non-hydrogen) atoms. The molecule has 0 aliphatic carbocycles. The molecule has 0 fully saturated rings. The van der Waals surface area contributed by atoms with E-state index < -0.39 is 11.9 Å². The van der Waals surface area contributed by atoms with Crippen LogP contribution in [0.5, 0.6) is 0 Å². The first-order valence-corrected chi connectivity index (χ1v) is 7.72. The van der Waals surface area contributed by atoms with Gasteiger partial charge in [-0.1, -0.05) is 11.6 Å². The number of ether oxygens (including phenoxy) is 2. The third-order valence-electron chi connectivity index (χ3n) is 3.91. The molecule has 2 heterocycles. The summed E-state index contributed by atoms with van der Waals surface area (Å²) in [5.74, 6) is -1.51. The molecule has 0 aliphatic heterocycles. The summed E-state index contributed by atoms with van der Waals surface area (Å²) < 4.78 is 10.7. The van der Waals surface area contributed by atoms with Gasteiger partial charge in [-0.2, -0.15) is 5.10 Å². The van der Waals surface area contributed by atoms with E-state index in [0.717, 1.165) is 0 Å². The van der Waals surface area contributed by atoms with E-state index in [-0.39, 0.29) is 28.7 Å². The number of carbonyl (C=O) groups is 3. The molecule has 1 N–H and O–H groups in total. The van der Waals surface area contributed by atoms with Gasteiger partial charge in [-0.25, -0.2) is 9.59 Å². The summed E-state index contributed by atoms with van der Waals surface area (Å²) in [6.45, 7) is 4.83. The Kier molecular flexibility index (Phi) is 5.32. The molecule has 0 aliphatic rings. The number of methoxy groups -OCH3 is 2. The van der Waals surface area contributed by atoms with Gasteiger partial charge in [-0.05, 0) is 26.3 Å². The standard InChI is InChI=1S/C16H18ClN3O5/c1-7-11(15(22)24-4)8(2)18-13(7)10(21)6-20-9(3)12(17)14(19-20)16(23)25-5/h18H,6H2,1-5H3. The number of rotatable bonds is 5. The topological polar surface area (TPSA) is 103 Å². The number of aryl methyl sites for hydroxylation is 1. The summed E-state index contributed by atoms with van der Waals surface area (Å²) in [6.07, 6.45) is 0. The van der Waals surface area contributed by atoms with Crippen molar-refractivity contribution in [2.45, 2.75) is 27.3 Å². The first kappa shape index (κ1) is 18.7. The van der Waals surface area contributed by atoms with Crippen molar-refractivity contribution in [3.05, 3.63) is 38.9 Å². The van der Waals surface area contributed by atoms with Crippen LogP contribution >= 0.6 is 11.6 Å². The van der Waals surface area contributed by atoms with E-state index in [4.69, 9.17) is 16.3 Å². The minimum Gasteiger partial charge on any atom is -0.465 e. The highest BCUT2D eigenvalue weighted by Gasteiger charge is 2.25. The number of hydrogen-bond donors (Lipinski definition) is 1. The van der Waals surface area contributed by atoms with Crippen molar-refractivity contribution < 1.29 is 23.9 Å². The largest absolute Gasteiger partial charge is 0.465 e. The third kappa shape index (κ3) is 3.30. The summed E-state index contributed by atoms with van der Waals surface area (Å²) in [5.41, 5.74) is 2.06. The minimum atomic E-state index is -0.681. The van der Waals surface area contributed by atoms with E-state index in [0.29, 0.717) is 22.5 Å². The zero-order valence-corrected chi connectivity index (χ0v) is 15.3. The second-order valence-corrected chi connectivity index (χ2v) is 5.81. The zero-order chi connectivity index (χ0) is 18.9. The number of halogens is 1. The average Bonchev–Trinajstić information content (AvgIpc) is 3.04. The van der Waals surface area contributed by atoms with Crippen molar-refractivity contribution in [2.75, 3.05) is 14.2 Å². The molecule has 2 rings (SSSR count). The molecule has 0 saturated heterocycles. The zero-order valence-electron chi connectivity index (χ0n) is 14.5. The smallest absolute Gasteiger partial charge is 0.360 e. The predicted molar refractivity (Wildman–Crippen MR) is 89.3 cm³/mol. The maximum absolute atomic E-state index is 12.6. The Morgan fingerprint density at radius 1 is 1.12 bits per heavy atom. The van der Waals surface area contributed by atoms with Crippen molar-refractivity contribution in [3.63, 3.8) is 0 Å². The summed E-state index contributed by atoms with van der Waals surface area (Å²) in [6, 6.07) is 0. The number of H-pyrrole nitrogens is 1. The lowest BCUT2D eigenvalue weighted by atomic mass is 10.1. The Balaban J connectivity index is 2.36. The molecule has 2 aromatic heterocycles. The normalized spacial score (nSPS) is 10.6. The number of aromatic amines is 1. The second-order valence-electron chi connectivity index (χ2n) is 5.44. The van der Waals surface area contributed by atoms with E-state index >= 15 is 0 Å². The van der Waals surface area contributed by atoms with Crippen molar-refractivity contribution in [2.24, 2.45) is 0 Å². The molecular weight excluding hydrogens is 350 g/mol. The van der Waals surface area contributed by atoms with E-state index in [1.165, 1.54) is 18.9 Å². The molecule has 8 nitrogen and oxygen atoms in total. The molecule has 0 unspecified atom stereocenters. The molecule has 0 bridgehead atoms. The summed E-state index contributed by atoms with van der Waals surface area (Å²) in [5, 5.41) is 4.17. The van der Waals surface area contributed by atoms with Crippen LogP contribution < -0.4 is 0 Å². The monoisotopic (exact) mass is 367 g/mol. The minimum absolute atomic E-state index is 0.0518. The molecule has 0 saturated carbocycles. The molecule has 9 heteroatoms. The van der Waals surface area contributed by atoms with Gasteiger partial charge >= 0.3 is 11.9 Å². The lowest BCUT2D eigenvalue weighted by Crippen LogP contribution is -2.15. The van der Waals surface area contributed by atoms with E-state index in [1.54, 1.807) is 20.8 Å². The number of nitrogens with zero attached hydrogens (tertiary/aromatic N) is 2. The van der Waals surface area contributed by atoms with E-state index in [9.17, 15) is 14.4 Å². The fourth-order valence-corrected chi connectivity index (χ4v) is 2.77. The highest BCUT2D eigenvalue weighted by molar-refractivity contribution is 6.34. The number of aromatic nitrogens is 3. The van der Waals surface area contributed by atoms with Gasteiger partial charge in [0.1, 0.15) is 6.54 Å². The quantitative estimate of drug-likeness (QED) is 0.642. The first-order chi connectivity index (χ1) is 11.7. The van der Waals surface area contributed by atoms with E-state index in [1.807, 2.05) is 0 Å². The summed E-state index contributed by atoms with van der Waals surface area (Å²) in [4.78, 5) is 39.0. The lowest BCUT2D eigenvalue weighted by molar-refractivity contribution is 0.0586. The number of Topliss-reactive ketones (excluding diaryl/α,β-unsaturated/α-hetero) is 1. The van der Waals surface area contributed by atoms with Crippen LogP contribution in [0.25, 0.3) is 0 Å². The first-order valence-electron chi connectivity index (χ1n) is 7.34. The third-order valence-corrected chi connectivity index (χ3v) is 4.36. The van der Waals surface area contributed by atoms with Gasteiger partial charge < -0.3 is 14.5 Å². The van der Waals surface area contributed by atoms with Gasteiger partial charge in [-0.15, -0.1) is 0 Å². The van der Waals surface area contributed by atoms with Crippen LogP contribution in [-0.4, -0.2) is 46.7 Å². The lowest BCUT2D eigenvalue weighted by Gasteiger charge is -2.04. The number of nitrogens with one attached hydrogen (secondary N) is 1. The van der Waals surface area contributed by atoms with Crippen molar-refractivity contribution >= 4 is 29.3 Å². The van der Waals surface area contributed by atoms with Crippen LogP contribution in [0.4, 0.5) is 0 Å². The molecule has 0 spiro atoms. The van der Waals surface area contributed by atoms with Gasteiger partial charge in [0.2, 0.25) is 5.78 Å². The van der Waals surface area contributed by atoms with Gasteiger partial charge in [-0.3, -0.25) is 9.48 Å². The highest BCUT2D eigenvalue weighted by Crippen LogP contribution is 2.23. The van der Waals surface area contributed by atoms with Crippen LogP contribution in [-0.2, 0) is 16.0 Å². The molecular formula is C16H18ClN3O5. The van der Waals surface area contributed by atoms with Crippen LogP contribution in [0.2, 0.25) is 5.02 Å². The number of ketones is 1. The molecule has 0 aromatic carbocycles. The molecule has 0 radical (unpaired) electrons. The fraction of sp³-hybridized carbons (Fsp3) is 0.375. The Morgan fingerprint density at radius 3 is 2.28 bits per heavy atom. The van der Waals surface area contributed by atoms with E-state index in [2.05, 4.69) is 14.8 Å². The van der Waals surface area contributed by atoms with Gasteiger partial charge in [0.15, 0.2) is 5.69 Å². The summed E-state index contributed by atoms with van der Waals surface area (Å²) in [7, 11) is 2.50. The molecule has 2 aromatic rings. The Hall–Kier alpha value is -2.61. The van der Waals surface area contributed by atoms with Crippen molar-refractivity contribution in [1.82, 2.24) is 14.8 Å². The Morgan fingerprint density at radius 2 is 1.72 bits per heavy atom. The number of hydrogen-bond acceptors (Lipinski definition) is 6. The van der Waals surface area contributed by atoms with Gasteiger partial charge in [0.25, 0.3) is 0 Å². The van der Waals surface area contributed by atoms with Gasteiger partial charge in [0, 0.05) is 5.69 Å². The summed E-state index contributed by atoms with van der Waals surface area (Å²) >= 11 is 6.07. The average molecular weight is 368 g/mol. The fourth-order valence-electron chi connectivity index (χ4n) is 2.56. The number of esters is 2. The molecule has 0 atom stereocenters. The molecule has 0 amide bonds. The van der Waals surface area contributed by atoms with Crippen LogP contribution in [0.3, 0.4) is 0 Å². The van der Waals surface area contributed by atoms with Gasteiger partial charge in [0.05, 0.1) is 36.2 Å². The Bertz CT molecular complexity index is 866. The predicted octanol–water partition coefficient (Wildman–Crippen LogP) is 2.25.